The van der Waals surface area contributed by atoms with E-state index >= 15 is 0 Å². The number of aromatic amines is 1. The fraction of sp³-hybridized carbons (Fsp3) is 0.182. The molecule has 0 fully saturated rings. The minimum atomic E-state index is -0.284. The summed E-state index contributed by atoms with van der Waals surface area (Å²) in [6, 6.07) is 7.88. The molecule has 19 heavy (non-hydrogen) atoms. The van der Waals surface area contributed by atoms with Crippen LogP contribution in [0.4, 0.5) is 0 Å². The van der Waals surface area contributed by atoms with Gasteiger partial charge in [-0.05, 0) is 17.3 Å². The lowest BCUT2D eigenvalue weighted by Crippen LogP contribution is -2.27. The molecular weight excluding hydrogens is 264 g/mol. The Labute approximate surface area is 112 Å². The zero-order valence-electron chi connectivity index (χ0n) is 10.1. The second-order valence-electron chi connectivity index (χ2n) is 3.97. The molecule has 8 heteroatoms. The molecular formula is C11H10N6OS. The van der Waals surface area contributed by atoms with E-state index in [0.29, 0.717) is 6.54 Å². The Morgan fingerprint density at radius 3 is 3.00 bits per heavy atom. The van der Waals surface area contributed by atoms with E-state index in [1.807, 2.05) is 24.3 Å². The molecule has 0 radical (unpaired) electrons. The molecule has 0 bridgehead atoms. The van der Waals surface area contributed by atoms with Gasteiger partial charge in [-0.25, -0.2) is 4.98 Å². The fourth-order valence-corrected chi connectivity index (χ4v) is 2.71. The van der Waals surface area contributed by atoms with E-state index in [2.05, 4.69) is 25.6 Å². The number of aromatic nitrogens is 5. The fourth-order valence-electron chi connectivity index (χ4n) is 1.69. The summed E-state index contributed by atoms with van der Waals surface area (Å²) in [4.78, 5) is 17.9. The number of para-hydroxylation sites is 1. The number of nitrogens with one attached hydrogen (secondary N) is 1. The lowest BCUT2D eigenvalue weighted by atomic mass is 10.3. The maximum absolute atomic E-state index is 11.9. The molecule has 1 aromatic carbocycles. The van der Waals surface area contributed by atoms with Crippen LogP contribution in [0.5, 0.6) is 0 Å². The van der Waals surface area contributed by atoms with Gasteiger partial charge in [0.15, 0.2) is 0 Å². The van der Waals surface area contributed by atoms with Gasteiger partial charge in [0.2, 0.25) is 0 Å². The van der Waals surface area contributed by atoms with Crippen LogP contribution in [0.15, 0.2) is 24.3 Å². The van der Waals surface area contributed by atoms with E-state index in [1.165, 1.54) is 4.90 Å². The molecule has 3 rings (SSSR count). The van der Waals surface area contributed by atoms with Crippen molar-refractivity contribution in [3.63, 3.8) is 0 Å². The van der Waals surface area contributed by atoms with E-state index in [9.17, 15) is 4.79 Å². The average molecular weight is 274 g/mol. The smallest absolute Gasteiger partial charge is 0.295 e. The lowest BCUT2D eigenvalue weighted by molar-refractivity contribution is 0.0773. The predicted molar refractivity (Wildman–Crippen MR) is 69.6 cm³/mol. The quantitative estimate of drug-likeness (QED) is 0.772. The zero-order chi connectivity index (χ0) is 13.2. The Morgan fingerprint density at radius 1 is 1.42 bits per heavy atom. The summed E-state index contributed by atoms with van der Waals surface area (Å²) in [5, 5.41) is 13.8. The number of benzene rings is 1. The van der Waals surface area contributed by atoms with Gasteiger partial charge in [0.05, 0.1) is 16.8 Å². The van der Waals surface area contributed by atoms with Crippen molar-refractivity contribution >= 4 is 27.5 Å². The molecule has 3 aromatic rings. The van der Waals surface area contributed by atoms with Crippen LogP contribution in [-0.2, 0) is 6.54 Å². The van der Waals surface area contributed by atoms with Crippen molar-refractivity contribution in [3.8, 4) is 0 Å². The highest BCUT2D eigenvalue weighted by Gasteiger charge is 2.17. The number of fused-ring (bicyclic) bond motifs is 1. The molecule has 0 aliphatic heterocycles. The second kappa shape index (κ2) is 4.73. The first kappa shape index (κ1) is 11.7. The number of carbonyl (C=O) groups excluding carboxylic acids is 1. The molecule has 0 atom stereocenters. The first-order valence-electron chi connectivity index (χ1n) is 5.57. The Balaban J connectivity index is 1.79. The van der Waals surface area contributed by atoms with Gasteiger partial charge in [-0.2, -0.15) is 5.21 Å². The largest absolute Gasteiger partial charge is 0.332 e. The van der Waals surface area contributed by atoms with Gasteiger partial charge in [-0.1, -0.05) is 12.1 Å². The van der Waals surface area contributed by atoms with Crippen LogP contribution in [0.3, 0.4) is 0 Å². The van der Waals surface area contributed by atoms with Crippen molar-refractivity contribution in [2.24, 2.45) is 0 Å². The van der Waals surface area contributed by atoms with Crippen LogP contribution >= 0.6 is 11.3 Å². The van der Waals surface area contributed by atoms with Gasteiger partial charge in [-0.15, -0.1) is 21.5 Å². The van der Waals surface area contributed by atoms with E-state index in [4.69, 9.17) is 0 Å². The molecule has 0 unspecified atom stereocenters. The van der Waals surface area contributed by atoms with Gasteiger partial charge in [0.25, 0.3) is 11.7 Å². The number of hydrogen-bond donors (Lipinski definition) is 1. The standard InChI is InChI=1S/C11H10N6OS/c1-17(11(18)10-13-15-16-14-10)6-9-12-7-4-2-3-5-8(7)19-9/h2-5H,6H2,1H3,(H,13,14,15,16). The third-order valence-corrected chi connectivity index (χ3v) is 3.62. The first-order chi connectivity index (χ1) is 9.24. The maximum Gasteiger partial charge on any atom is 0.295 e. The summed E-state index contributed by atoms with van der Waals surface area (Å²) in [6.07, 6.45) is 0. The topological polar surface area (TPSA) is 87.7 Å². The molecule has 2 heterocycles. The van der Waals surface area contributed by atoms with Gasteiger partial charge >= 0.3 is 0 Å². The Bertz CT molecular complexity index is 674. The summed E-state index contributed by atoms with van der Waals surface area (Å²) in [6.45, 7) is 0.423. The van der Waals surface area contributed by atoms with Crippen LogP contribution in [0.25, 0.3) is 10.2 Å². The molecule has 96 valence electrons. The maximum atomic E-state index is 11.9. The van der Waals surface area contributed by atoms with Gasteiger partial charge in [-0.3, -0.25) is 4.79 Å². The Morgan fingerprint density at radius 2 is 2.26 bits per heavy atom. The Kier molecular flexibility index (Phi) is 2.92. The number of thiazole rings is 1. The van der Waals surface area contributed by atoms with Crippen molar-refractivity contribution in [1.29, 1.82) is 0 Å². The summed E-state index contributed by atoms with van der Waals surface area (Å²) < 4.78 is 1.11. The molecule has 2 aromatic heterocycles. The van der Waals surface area contributed by atoms with E-state index in [-0.39, 0.29) is 11.7 Å². The highest BCUT2D eigenvalue weighted by molar-refractivity contribution is 7.18. The number of H-pyrrole nitrogens is 1. The number of carbonyl (C=O) groups is 1. The predicted octanol–water partition coefficient (Wildman–Crippen LogP) is 1.08. The van der Waals surface area contributed by atoms with Crippen LogP contribution in [-0.4, -0.2) is 43.5 Å². The molecule has 0 spiro atoms. The molecule has 7 nitrogen and oxygen atoms in total. The van der Waals surface area contributed by atoms with Crippen molar-refractivity contribution < 1.29 is 4.79 Å². The highest BCUT2D eigenvalue weighted by Crippen LogP contribution is 2.22. The highest BCUT2D eigenvalue weighted by atomic mass is 32.1. The molecule has 0 aliphatic rings. The van der Waals surface area contributed by atoms with Crippen LogP contribution in [0.1, 0.15) is 15.6 Å². The summed E-state index contributed by atoms with van der Waals surface area (Å²) in [7, 11) is 1.69. The van der Waals surface area contributed by atoms with Gasteiger partial charge in [0, 0.05) is 7.05 Å². The molecule has 0 aliphatic carbocycles. The van der Waals surface area contributed by atoms with Gasteiger partial charge in [0.1, 0.15) is 5.01 Å². The third-order valence-electron chi connectivity index (χ3n) is 2.59. The molecule has 1 N–H and O–H groups in total. The molecule has 1 amide bonds. The average Bonchev–Trinajstić information content (AvgIpc) is 3.06. The minimum Gasteiger partial charge on any atom is -0.332 e. The minimum absolute atomic E-state index is 0.0589. The third kappa shape index (κ3) is 2.29. The van der Waals surface area contributed by atoms with E-state index in [1.54, 1.807) is 18.4 Å². The number of rotatable bonds is 3. The normalized spacial score (nSPS) is 10.8. The number of hydrogen-bond acceptors (Lipinski definition) is 6. The van der Waals surface area contributed by atoms with E-state index in [0.717, 1.165) is 15.2 Å². The number of tetrazole rings is 1. The van der Waals surface area contributed by atoms with Crippen molar-refractivity contribution in [2.75, 3.05) is 7.05 Å². The first-order valence-corrected chi connectivity index (χ1v) is 6.39. The number of amides is 1. The van der Waals surface area contributed by atoms with Crippen molar-refractivity contribution in [2.45, 2.75) is 6.54 Å². The number of nitrogens with zero attached hydrogens (tertiary/aromatic N) is 5. The van der Waals surface area contributed by atoms with Crippen LogP contribution in [0, 0.1) is 0 Å². The Hall–Kier alpha value is -2.35. The van der Waals surface area contributed by atoms with Crippen LogP contribution in [0.2, 0.25) is 0 Å². The monoisotopic (exact) mass is 274 g/mol. The van der Waals surface area contributed by atoms with Gasteiger partial charge < -0.3 is 4.90 Å². The van der Waals surface area contributed by atoms with Crippen molar-refractivity contribution in [1.82, 2.24) is 30.5 Å². The summed E-state index contributed by atoms with van der Waals surface area (Å²) in [5.74, 6) is -0.225. The SMILES string of the molecule is CN(Cc1nc2ccccc2s1)C(=O)c1nn[nH]n1. The summed E-state index contributed by atoms with van der Waals surface area (Å²) >= 11 is 1.57. The second-order valence-corrected chi connectivity index (χ2v) is 5.09. The van der Waals surface area contributed by atoms with Crippen molar-refractivity contribution in [3.05, 3.63) is 35.1 Å². The lowest BCUT2D eigenvalue weighted by Gasteiger charge is -2.12. The molecule has 0 saturated heterocycles. The zero-order valence-corrected chi connectivity index (χ0v) is 10.9. The molecule has 0 saturated carbocycles. The van der Waals surface area contributed by atoms with E-state index < -0.39 is 0 Å². The summed E-state index contributed by atoms with van der Waals surface area (Å²) in [5.41, 5.74) is 0.947. The van der Waals surface area contributed by atoms with Crippen LogP contribution < -0.4 is 0 Å².